The van der Waals surface area contributed by atoms with Gasteiger partial charge in [-0.3, -0.25) is 0 Å². The number of halogens is 4. The van der Waals surface area contributed by atoms with Gasteiger partial charge in [-0.05, 0) is 30.2 Å². The molecule has 0 bridgehead atoms. The molecule has 1 aliphatic rings. The van der Waals surface area contributed by atoms with Crippen molar-refractivity contribution in [3.05, 3.63) is 75.9 Å². The molecule has 1 aromatic heterocycles. The lowest BCUT2D eigenvalue weighted by Gasteiger charge is -2.15. The highest BCUT2D eigenvalue weighted by molar-refractivity contribution is 6.30. The Morgan fingerprint density at radius 2 is 1.88 bits per heavy atom. The van der Waals surface area contributed by atoms with Crippen LogP contribution in [0.4, 0.5) is 19.0 Å². The van der Waals surface area contributed by atoms with E-state index >= 15 is 0 Å². The molecule has 2 heterocycles. The second-order valence-corrected chi connectivity index (χ2v) is 6.62. The van der Waals surface area contributed by atoms with Crippen LogP contribution in [0, 0.1) is 0 Å². The summed E-state index contributed by atoms with van der Waals surface area (Å²) in [5, 5.41) is 7.72. The lowest BCUT2D eigenvalue weighted by Crippen LogP contribution is -2.13. The topological polar surface area (TPSA) is 29.9 Å². The fourth-order valence-corrected chi connectivity index (χ4v) is 3.44. The van der Waals surface area contributed by atoms with E-state index in [1.54, 1.807) is 0 Å². The molecule has 0 saturated carbocycles. The summed E-state index contributed by atoms with van der Waals surface area (Å²) in [5.41, 5.74) is 2.01. The zero-order valence-electron chi connectivity index (χ0n) is 13.6. The Morgan fingerprint density at radius 3 is 2.62 bits per heavy atom. The summed E-state index contributed by atoms with van der Waals surface area (Å²) in [5.74, 6) is 0.628. The first-order valence-corrected chi connectivity index (χ1v) is 8.57. The third-order valence-electron chi connectivity index (χ3n) is 4.44. The van der Waals surface area contributed by atoms with Crippen molar-refractivity contribution in [2.24, 2.45) is 0 Å². The van der Waals surface area contributed by atoms with E-state index in [2.05, 4.69) is 10.4 Å². The second-order valence-electron chi connectivity index (χ2n) is 6.18. The van der Waals surface area contributed by atoms with Gasteiger partial charge in [0.15, 0.2) is 0 Å². The van der Waals surface area contributed by atoms with Gasteiger partial charge in [0, 0.05) is 23.6 Å². The summed E-state index contributed by atoms with van der Waals surface area (Å²) in [4.78, 5) is 0. The number of nitrogens with zero attached hydrogens (tertiary/aromatic N) is 2. The number of rotatable bonds is 3. The van der Waals surface area contributed by atoms with Crippen molar-refractivity contribution >= 4 is 17.4 Å². The molecule has 1 aliphatic heterocycles. The van der Waals surface area contributed by atoms with Crippen molar-refractivity contribution in [1.82, 2.24) is 9.78 Å². The summed E-state index contributed by atoms with van der Waals surface area (Å²) >= 11 is 5.79. The maximum Gasteiger partial charge on any atom is 0.418 e. The quantitative estimate of drug-likeness (QED) is 0.688. The van der Waals surface area contributed by atoms with Gasteiger partial charge in [-0.1, -0.05) is 41.9 Å². The molecule has 26 heavy (non-hydrogen) atoms. The smallest absolute Gasteiger partial charge is 0.369 e. The number of hydrogen-bond acceptors (Lipinski definition) is 2. The molecule has 1 N–H and O–H groups in total. The number of nitrogens with one attached hydrogen (secondary N) is 1. The Hall–Kier alpha value is -2.47. The van der Waals surface area contributed by atoms with Crippen LogP contribution in [-0.2, 0) is 19.0 Å². The number of benzene rings is 2. The maximum absolute atomic E-state index is 13.5. The summed E-state index contributed by atoms with van der Waals surface area (Å²) in [7, 11) is 0. The minimum Gasteiger partial charge on any atom is -0.369 e. The van der Waals surface area contributed by atoms with Crippen LogP contribution in [0.15, 0.2) is 48.5 Å². The van der Waals surface area contributed by atoms with Gasteiger partial charge in [-0.15, -0.1) is 0 Å². The van der Waals surface area contributed by atoms with Crippen LogP contribution in [0.2, 0.25) is 5.02 Å². The Balaban J connectivity index is 1.83. The average molecular weight is 378 g/mol. The first-order chi connectivity index (χ1) is 12.4. The van der Waals surface area contributed by atoms with E-state index in [1.165, 1.54) is 16.8 Å². The van der Waals surface area contributed by atoms with Crippen molar-refractivity contribution in [2.45, 2.75) is 19.0 Å². The standard InChI is InChI=1S/C19H15ClF3N3/c20-13-6-7-17(15(11-13)19(21,22)23)26-18-14(8-9-24-18)16(25-26)10-12-4-2-1-3-5-12/h1-7,11,24H,8-10H2. The van der Waals surface area contributed by atoms with Crippen LogP contribution in [0.1, 0.15) is 22.4 Å². The molecular weight excluding hydrogens is 363 g/mol. The zero-order chi connectivity index (χ0) is 18.3. The molecule has 134 valence electrons. The molecule has 0 atom stereocenters. The van der Waals surface area contributed by atoms with E-state index in [1.807, 2.05) is 30.3 Å². The minimum absolute atomic E-state index is 0.0214. The van der Waals surface area contributed by atoms with Crippen LogP contribution in [-0.4, -0.2) is 16.3 Å². The highest BCUT2D eigenvalue weighted by atomic mass is 35.5. The van der Waals surface area contributed by atoms with Gasteiger partial charge >= 0.3 is 6.18 Å². The lowest BCUT2D eigenvalue weighted by molar-refractivity contribution is -0.137. The van der Waals surface area contributed by atoms with E-state index in [4.69, 9.17) is 11.6 Å². The molecule has 0 fully saturated rings. The van der Waals surface area contributed by atoms with Crippen molar-refractivity contribution < 1.29 is 13.2 Å². The molecule has 0 saturated heterocycles. The molecule has 4 rings (SSSR count). The highest BCUT2D eigenvalue weighted by Crippen LogP contribution is 2.38. The first-order valence-electron chi connectivity index (χ1n) is 8.19. The fourth-order valence-electron chi connectivity index (χ4n) is 3.27. The molecule has 3 nitrogen and oxygen atoms in total. The van der Waals surface area contributed by atoms with Crippen molar-refractivity contribution in [1.29, 1.82) is 0 Å². The number of hydrogen-bond donors (Lipinski definition) is 1. The SMILES string of the molecule is FC(F)(F)c1cc(Cl)ccc1-n1nc(Cc2ccccc2)c2c1NCC2. The third-order valence-corrected chi connectivity index (χ3v) is 4.68. The van der Waals surface area contributed by atoms with E-state index in [0.717, 1.165) is 29.3 Å². The molecule has 0 spiro atoms. The summed E-state index contributed by atoms with van der Waals surface area (Å²) in [6.07, 6.45) is -3.20. The van der Waals surface area contributed by atoms with E-state index in [-0.39, 0.29) is 10.7 Å². The molecule has 0 aliphatic carbocycles. The summed E-state index contributed by atoms with van der Waals surface area (Å²) in [6.45, 7) is 0.684. The Labute approximate surface area is 153 Å². The molecule has 3 aromatic rings. The number of fused-ring (bicyclic) bond motifs is 1. The largest absolute Gasteiger partial charge is 0.418 e. The Bertz CT molecular complexity index is 949. The molecule has 0 amide bonds. The first kappa shape index (κ1) is 17.0. The van der Waals surface area contributed by atoms with Gasteiger partial charge in [0.1, 0.15) is 5.82 Å². The van der Waals surface area contributed by atoms with Crippen molar-refractivity contribution in [2.75, 3.05) is 11.9 Å². The lowest BCUT2D eigenvalue weighted by atomic mass is 10.1. The number of aromatic nitrogens is 2. The Morgan fingerprint density at radius 1 is 1.12 bits per heavy atom. The van der Waals surface area contributed by atoms with Gasteiger partial charge in [0.2, 0.25) is 0 Å². The van der Waals surface area contributed by atoms with Gasteiger partial charge in [-0.25, -0.2) is 4.68 Å². The van der Waals surface area contributed by atoms with Crippen molar-refractivity contribution in [3.8, 4) is 5.69 Å². The zero-order valence-corrected chi connectivity index (χ0v) is 14.4. The van der Waals surface area contributed by atoms with E-state index in [9.17, 15) is 13.2 Å². The summed E-state index contributed by atoms with van der Waals surface area (Å²) < 4.78 is 41.9. The van der Waals surface area contributed by atoms with Gasteiger partial charge in [0.25, 0.3) is 0 Å². The average Bonchev–Trinajstić information content (AvgIpc) is 3.19. The minimum atomic E-state index is -4.52. The van der Waals surface area contributed by atoms with Crippen LogP contribution < -0.4 is 5.32 Å². The second kappa shape index (κ2) is 6.36. The van der Waals surface area contributed by atoms with Crippen LogP contribution in [0.25, 0.3) is 5.69 Å². The van der Waals surface area contributed by atoms with E-state index < -0.39 is 11.7 Å². The molecule has 2 aromatic carbocycles. The highest BCUT2D eigenvalue weighted by Gasteiger charge is 2.36. The van der Waals surface area contributed by atoms with Crippen molar-refractivity contribution in [3.63, 3.8) is 0 Å². The number of alkyl halides is 3. The third kappa shape index (κ3) is 3.05. The normalized spacial score (nSPS) is 13.5. The predicted molar refractivity (Wildman–Crippen MR) is 95.0 cm³/mol. The van der Waals surface area contributed by atoms with Gasteiger partial charge < -0.3 is 5.32 Å². The van der Waals surface area contributed by atoms with Crippen LogP contribution in [0.3, 0.4) is 0 Å². The molecule has 7 heteroatoms. The van der Waals surface area contributed by atoms with Crippen LogP contribution in [0.5, 0.6) is 0 Å². The maximum atomic E-state index is 13.5. The Kier molecular flexibility index (Phi) is 4.15. The van der Waals surface area contributed by atoms with Gasteiger partial charge in [0.05, 0.1) is 16.9 Å². The summed E-state index contributed by atoms with van der Waals surface area (Å²) in [6, 6.07) is 13.5. The number of anilines is 1. The van der Waals surface area contributed by atoms with Crippen LogP contribution >= 0.6 is 11.6 Å². The monoisotopic (exact) mass is 377 g/mol. The molecule has 0 radical (unpaired) electrons. The predicted octanol–water partition coefficient (Wildman–Crippen LogP) is 5.10. The fraction of sp³-hybridized carbons (Fsp3) is 0.211. The molecule has 0 unspecified atom stereocenters. The molecular formula is C19H15ClF3N3. The van der Waals surface area contributed by atoms with Gasteiger partial charge in [-0.2, -0.15) is 18.3 Å². The van der Waals surface area contributed by atoms with E-state index in [0.29, 0.717) is 18.8 Å².